The summed E-state index contributed by atoms with van der Waals surface area (Å²) >= 11 is 5.57. The zero-order chi connectivity index (χ0) is 12.8. The lowest BCUT2D eigenvalue weighted by Crippen LogP contribution is -2.32. The van der Waals surface area contributed by atoms with Crippen LogP contribution in [0.4, 0.5) is 5.82 Å². The number of amides is 1. The molecule has 0 fully saturated rings. The maximum absolute atomic E-state index is 11.8. The first kappa shape index (κ1) is 12.0. The van der Waals surface area contributed by atoms with E-state index in [1.165, 1.54) is 35.7 Å². The van der Waals surface area contributed by atoms with Gasteiger partial charge in [-0.2, -0.15) is 0 Å². The second kappa shape index (κ2) is 5.73. The van der Waals surface area contributed by atoms with Crippen LogP contribution in [0.3, 0.4) is 0 Å². The van der Waals surface area contributed by atoms with Crippen molar-refractivity contribution < 1.29 is 4.79 Å². The Kier molecular flexibility index (Phi) is 3.82. The molecule has 0 saturated carbocycles. The van der Waals surface area contributed by atoms with Crippen molar-refractivity contribution in [3.63, 3.8) is 0 Å². The van der Waals surface area contributed by atoms with E-state index in [0.717, 1.165) is 5.54 Å². The second-order valence-electron chi connectivity index (χ2n) is 3.01. The largest absolute Gasteiger partial charge is 0.289 e. The first-order chi connectivity index (χ1) is 8.81. The Morgan fingerprint density at radius 2 is 2.28 bits per heavy atom. The van der Waals surface area contributed by atoms with Gasteiger partial charge in [-0.15, -0.1) is 5.10 Å². The number of nitrogens with one attached hydrogen (secondary N) is 2. The number of carbonyl (C=O) groups excluding carboxylic acids is 1. The molecule has 0 aliphatic carbocycles. The summed E-state index contributed by atoms with van der Waals surface area (Å²) in [5, 5.41) is 7.24. The lowest BCUT2D eigenvalue weighted by Gasteiger charge is -2.08. The highest BCUT2D eigenvalue weighted by Gasteiger charge is 2.11. The summed E-state index contributed by atoms with van der Waals surface area (Å²) < 4.78 is 1.24. The van der Waals surface area contributed by atoms with Gasteiger partial charge in [0.05, 0.1) is 18.6 Å². The molecule has 0 aliphatic heterocycles. The van der Waals surface area contributed by atoms with Crippen LogP contribution in [0, 0.1) is 0 Å². The topological polar surface area (TPSA) is 97.6 Å². The maximum Gasteiger partial charge on any atom is 0.289 e. The molecule has 2 aromatic heterocycles. The quantitative estimate of drug-likeness (QED) is 0.607. The minimum atomic E-state index is -0.485. The smallest absolute Gasteiger partial charge is 0.280 e. The number of hydrogen-bond acceptors (Lipinski definition) is 6. The van der Waals surface area contributed by atoms with Gasteiger partial charge in [0.25, 0.3) is 5.91 Å². The SMILES string of the molecule is O=C(NNc1cnccn1)C(=CCl)n1ccnn1. The monoisotopic (exact) mass is 265 g/mol. The Bertz CT molecular complexity index is 539. The van der Waals surface area contributed by atoms with Gasteiger partial charge in [-0.05, 0) is 0 Å². The molecule has 0 saturated heterocycles. The number of nitrogens with zero attached hydrogens (tertiary/aromatic N) is 5. The summed E-state index contributed by atoms with van der Waals surface area (Å²) in [5.74, 6) is -0.0838. The van der Waals surface area contributed by atoms with Crippen LogP contribution in [0.5, 0.6) is 0 Å². The van der Waals surface area contributed by atoms with E-state index >= 15 is 0 Å². The number of hydrazine groups is 1. The van der Waals surface area contributed by atoms with Crippen molar-refractivity contribution in [2.24, 2.45) is 0 Å². The normalized spacial score (nSPS) is 11.1. The summed E-state index contributed by atoms with van der Waals surface area (Å²) in [6.45, 7) is 0. The summed E-state index contributed by atoms with van der Waals surface area (Å²) in [6, 6.07) is 0. The van der Waals surface area contributed by atoms with Gasteiger partial charge in [0.1, 0.15) is 5.70 Å². The summed E-state index contributed by atoms with van der Waals surface area (Å²) in [4.78, 5) is 19.5. The van der Waals surface area contributed by atoms with E-state index in [1.54, 1.807) is 0 Å². The Morgan fingerprint density at radius 1 is 1.39 bits per heavy atom. The molecule has 0 aromatic carbocycles. The fourth-order valence-electron chi connectivity index (χ4n) is 1.09. The van der Waals surface area contributed by atoms with Crippen molar-refractivity contribution in [1.82, 2.24) is 30.4 Å². The number of halogens is 1. The third-order valence-corrected chi connectivity index (χ3v) is 2.08. The average molecular weight is 266 g/mol. The number of carbonyl (C=O) groups is 1. The van der Waals surface area contributed by atoms with Crippen molar-refractivity contribution in [2.75, 3.05) is 5.43 Å². The molecule has 1 amide bonds. The van der Waals surface area contributed by atoms with Crippen LogP contribution in [0.15, 0.2) is 36.5 Å². The third kappa shape index (κ3) is 2.80. The Morgan fingerprint density at radius 3 is 2.89 bits per heavy atom. The Labute approximate surface area is 107 Å². The van der Waals surface area contributed by atoms with Crippen molar-refractivity contribution in [1.29, 1.82) is 0 Å². The fourth-order valence-corrected chi connectivity index (χ4v) is 1.29. The summed E-state index contributed by atoms with van der Waals surface area (Å²) in [7, 11) is 0. The van der Waals surface area contributed by atoms with E-state index in [0.29, 0.717) is 5.82 Å². The van der Waals surface area contributed by atoms with Crippen LogP contribution in [0.2, 0.25) is 0 Å². The molecule has 0 aliphatic rings. The van der Waals surface area contributed by atoms with Crippen LogP contribution >= 0.6 is 11.6 Å². The second-order valence-corrected chi connectivity index (χ2v) is 3.23. The van der Waals surface area contributed by atoms with Gasteiger partial charge in [-0.3, -0.25) is 20.6 Å². The molecule has 92 valence electrons. The summed E-state index contributed by atoms with van der Waals surface area (Å²) in [5.41, 5.74) is 6.21. The number of anilines is 1. The van der Waals surface area contributed by atoms with Crippen LogP contribution < -0.4 is 10.9 Å². The van der Waals surface area contributed by atoms with E-state index in [1.807, 2.05) is 0 Å². The van der Waals surface area contributed by atoms with Crippen LogP contribution in [-0.2, 0) is 4.79 Å². The molecule has 8 nitrogen and oxygen atoms in total. The average Bonchev–Trinajstić information content (AvgIpc) is 2.92. The summed E-state index contributed by atoms with van der Waals surface area (Å²) in [6.07, 6.45) is 7.40. The molecule has 2 heterocycles. The highest BCUT2D eigenvalue weighted by atomic mass is 35.5. The van der Waals surface area contributed by atoms with Crippen molar-refractivity contribution in [3.05, 3.63) is 36.5 Å². The predicted molar refractivity (Wildman–Crippen MR) is 63.9 cm³/mol. The molecule has 0 bridgehead atoms. The third-order valence-electron chi connectivity index (χ3n) is 1.87. The fraction of sp³-hybridized carbons (Fsp3) is 0. The van der Waals surface area contributed by atoms with E-state index < -0.39 is 5.91 Å². The zero-order valence-electron chi connectivity index (χ0n) is 8.99. The van der Waals surface area contributed by atoms with Crippen molar-refractivity contribution in [3.8, 4) is 0 Å². The van der Waals surface area contributed by atoms with Gasteiger partial charge >= 0.3 is 0 Å². The molecule has 9 heteroatoms. The van der Waals surface area contributed by atoms with Crippen LogP contribution in [0.1, 0.15) is 0 Å². The van der Waals surface area contributed by atoms with E-state index in [4.69, 9.17) is 11.6 Å². The lowest BCUT2D eigenvalue weighted by atomic mass is 10.5. The van der Waals surface area contributed by atoms with Gasteiger partial charge < -0.3 is 0 Å². The first-order valence-corrected chi connectivity index (χ1v) is 5.24. The molecule has 2 N–H and O–H groups in total. The number of rotatable bonds is 4. The minimum Gasteiger partial charge on any atom is -0.280 e. The van der Waals surface area contributed by atoms with Gasteiger partial charge in [0.15, 0.2) is 5.82 Å². The van der Waals surface area contributed by atoms with Gasteiger partial charge in [-0.25, -0.2) is 9.67 Å². The van der Waals surface area contributed by atoms with Crippen molar-refractivity contribution >= 4 is 29.0 Å². The first-order valence-electron chi connectivity index (χ1n) is 4.80. The Hall–Kier alpha value is -2.48. The molecule has 0 radical (unpaired) electrons. The van der Waals surface area contributed by atoms with Crippen LogP contribution in [-0.4, -0.2) is 30.9 Å². The highest BCUT2D eigenvalue weighted by Crippen LogP contribution is 2.04. The van der Waals surface area contributed by atoms with E-state index in [2.05, 4.69) is 31.1 Å². The van der Waals surface area contributed by atoms with E-state index in [9.17, 15) is 4.79 Å². The Balaban J connectivity index is 2.00. The molecule has 0 atom stereocenters. The lowest BCUT2D eigenvalue weighted by molar-refractivity contribution is -0.115. The predicted octanol–water partition coefficient (Wildman–Crippen LogP) is 0.249. The molecular formula is C9H8ClN7O. The number of hydrogen-bond donors (Lipinski definition) is 2. The maximum atomic E-state index is 11.8. The highest BCUT2D eigenvalue weighted by molar-refractivity contribution is 6.33. The van der Waals surface area contributed by atoms with Gasteiger partial charge in [-0.1, -0.05) is 16.8 Å². The van der Waals surface area contributed by atoms with Crippen LogP contribution in [0.25, 0.3) is 5.70 Å². The molecular weight excluding hydrogens is 258 g/mol. The van der Waals surface area contributed by atoms with E-state index in [-0.39, 0.29) is 5.70 Å². The molecule has 2 aromatic rings. The molecule has 0 unspecified atom stereocenters. The van der Waals surface area contributed by atoms with Gasteiger partial charge in [0.2, 0.25) is 0 Å². The van der Waals surface area contributed by atoms with Crippen molar-refractivity contribution in [2.45, 2.75) is 0 Å². The zero-order valence-corrected chi connectivity index (χ0v) is 9.74. The van der Waals surface area contributed by atoms with Gasteiger partial charge in [0, 0.05) is 17.9 Å². The standard InChI is InChI=1S/C9H8ClN7O/c10-5-7(17-4-3-13-16-17)9(18)15-14-8-6-11-1-2-12-8/h1-6H,(H,12,14)(H,15,18). The molecule has 0 spiro atoms. The molecule has 2 rings (SSSR count). The minimum absolute atomic E-state index is 0.116. The molecule has 18 heavy (non-hydrogen) atoms. The number of aromatic nitrogens is 5.